The van der Waals surface area contributed by atoms with Gasteiger partial charge >= 0.3 is 5.97 Å². The van der Waals surface area contributed by atoms with Gasteiger partial charge in [-0.25, -0.2) is 0 Å². The summed E-state index contributed by atoms with van der Waals surface area (Å²) < 4.78 is 0. The van der Waals surface area contributed by atoms with Crippen molar-refractivity contribution in [1.82, 2.24) is 4.90 Å². The fourth-order valence-corrected chi connectivity index (χ4v) is 2.25. The summed E-state index contributed by atoms with van der Waals surface area (Å²) in [6.07, 6.45) is 5.26. The molecule has 1 saturated heterocycles. The standard InChI is InChI=1S/C12H24N2O2/c1-10-6-3-4-8-14(10)9-5-7-12(2,13)11(15)16/h10H,3-9,13H2,1-2H3,(H,15,16). The van der Waals surface area contributed by atoms with E-state index in [1.807, 2.05) is 0 Å². The van der Waals surface area contributed by atoms with Crippen LogP contribution in [0.5, 0.6) is 0 Å². The molecule has 0 spiro atoms. The molecule has 0 radical (unpaired) electrons. The van der Waals surface area contributed by atoms with Gasteiger partial charge in [0.1, 0.15) is 5.54 Å². The quantitative estimate of drug-likeness (QED) is 0.747. The van der Waals surface area contributed by atoms with Crippen molar-refractivity contribution in [3.05, 3.63) is 0 Å². The van der Waals surface area contributed by atoms with Gasteiger partial charge in [-0.1, -0.05) is 6.42 Å². The van der Waals surface area contributed by atoms with Gasteiger partial charge in [-0.15, -0.1) is 0 Å². The largest absolute Gasteiger partial charge is 0.480 e. The van der Waals surface area contributed by atoms with Crippen LogP contribution in [0, 0.1) is 0 Å². The molecule has 1 heterocycles. The van der Waals surface area contributed by atoms with Crippen LogP contribution in [0.3, 0.4) is 0 Å². The maximum absolute atomic E-state index is 10.8. The summed E-state index contributed by atoms with van der Waals surface area (Å²) in [6.45, 7) is 5.96. The van der Waals surface area contributed by atoms with E-state index in [2.05, 4.69) is 11.8 Å². The Bertz CT molecular complexity index is 241. The number of hydrogen-bond acceptors (Lipinski definition) is 3. The minimum absolute atomic E-state index is 0.547. The number of carbonyl (C=O) groups is 1. The van der Waals surface area contributed by atoms with Crippen molar-refractivity contribution in [1.29, 1.82) is 0 Å². The van der Waals surface area contributed by atoms with Crippen LogP contribution in [-0.2, 0) is 4.79 Å². The summed E-state index contributed by atoms with van der Waals surface area (Å²) in [6, 6.07) is 0.641. The molecule has 0 aromatic heterocycles. The smallest absolute Gasteiger partial charge is 0.323 e. The van der Waals surface area contributed by atoms with Gasteiger partial charge in [0.2, 0.25) is 0 Å². The van der Waals surface area contributed by atoms with E-state index >= 15 is 0 Å². The van der Waals surface area contributed by atoms with E-state index in [1.165, 1.54) is 19.3 Å². The first-order valence-corrected chi connectivity index (χ1v) is 6.20. The van der Waals surface area contributed by atoms with Gasteiger partial charge in [-0.2, -0.15) is 0 Å². The zero-order chi connectivity index (χ0) is 12.2. The summed E-state index contributed by atoms with van der Waals surface area (Å²) in [7, 11) is 0. The van der Waals surface area contributed by atoms with E-state index in [1.54, 1.807) is 6.92 Å². The van der Waals surface area contributed by atoms with Crippen molar-refractivity contribution in [3.63, 3.8) is 0 Å². The molecule has 1 aliphatic heterocycles. The van der Waals surface area contributed by atoms with Crippen molar-refractivity contribution < 1.29 is 9.90 Å². The highest BCUT2D eigenvalue weighted by Crippen LogP contribution is 2.18. The Kier molecular flexibility index (Phi) is 4.74. The van der Waals surface area contributed by atoms with Crippen LogP contribution < -0.4 is 5.73 Å². The summed E-state index contributed by atoms with van der Waals surface area (Å²) in [5.74, 6) is -0.904. The van der Waals surface area contributed by atoms with Crippen molar-refractivity contribution in [3.8, 4) is 0 Å². The Morgan fingerprint density at radius 3 is 2.81 bits per heavy atom. The first kappa shape index (κ1) is 13.5. The molecule has 0 saturated carbocycles. The number of nitrogens with two attached hydrogens (primary N) is 1. The van der Waals surface area contributed by atoms with Gasteiger partial charge in [0, 0.05) is 6.04 Å². The highest BCUT2D eigenvalue weighted by atomic mass is 16.4. The zero-order valence-corrected chi connectivity index (χ0v) is 10.4. The molecule has 1 aliphatic rings. The summed E-state index contributed by atoms with van der Waals surface area (Å²) in [5.41, 5.74) is 4.62. The Hall–Kier alpha value is -0.610. The van der Waals surface area contributed by atoms with Gasteiger partial charge in [0.15, 0.2) is 0 Å². The van der Waals surface area contributed by atoms with Gasteiger partial charge in [0.25, 0.3) is 0 Å². The monoisotopic (exact) mass is 228 g/mol. The van der Waals surface area contributed by atoms with Crippen LogP contribution in [0.15, 0.2) is 0 Å². The van der Waals surface area contributed by atoms with Gasteiger partial charge in [0.05, 0.1) is 0 Å². The lowest BCUT2D eigenvalue weighted by Gasteiger charge is -2.33. The molecule has 0 aliphatic carbocycles. The fourth-order valence-electron chi connectivity index (χ4n) is 2.25. The molecule has 1 rings (SSSR count). The number of aliphatic carboxylic acids is 1. The second-order valence-electron chi connectivity index (χ2n) is 5.21. The van der Waals surface area contributed by atoms with E-state index in [-0.39, 0.29) is 0 Å². The van der Waals surface area contributed by atoms with E-state index in [4.69, 9.17) is 10.8 Å². The Balaban J connectivity index is 2.26. The normalized spacial score (nSPS) is 26.3. The molecular formula is C12H24N2O2. The topological polar surface area (TPSA) is 66.6 Å². The molecule has 0 bridgehead atoms. The number of nitrogens with zero attached hydrogens (tertiary/aromatic N) is 1. The lowest BCUT2D eigenvalue weighted by molar-refractivity contribution is -0.143. The lowest BCUT2D eigenvalue weighted by Crippen LogP contribution is -2.46. The molecule has 4 heteroatoms. The fraction of sp³-hybridized carbons (Fsp3) is 0.917. The van der Waals surface area contributed by atoms with Crippen LogP contribution in [0.4, 0.5) is 0 Å². The molecule has 16 heavy (non-hydrogen) atoms. The van der Waals surface area contributed by atoms with Crippen LogP contribution in [0.25, 0.3) is 0 Å². The Morgan fingerprint density at radius 2 is 2.25 bits per heavy atom. The SMILES string of the molecule is CC1CCCCN1CCCC(C)(N)C(=O)O. The molecular weight excluding hydrogens is 204 g/mol. The minimum atomic E-state index is -1.07. The van der Waals surface area contributed by atoms with Crippen molar-refractivity contribution in [2.24, 2.45) is 5.73 Å². The minimum Gasteiger partial charge on any atom is -0.480 e. The maximum atomic E-state index is 10.8. The van der Waals surface area contributed by atoms with Gasteiger partial charge < -0.3 is 15.7 Å². The number of carboxylic acids is 1. The molecule has 1 fully saturated rings. The zero-order valence-electron chi connectivity index (χ0n) is 10.4. The number of piperidine rings is 1. The molecule has 2 unspecified atom stereocenters. The van der Waals surface area contributed by atoms with Crippen LogP contribution >= 0.6 is 0 Å². The van der Waals surface area contributed by atoms with Gasteiger partial charge in [-0.3, -0.25) is 4.79 Å². The van der Waals surface area contributed by atoms with Crippen molar-refractivity contribution in [2.75, 3.05) is 13.1 Å². The average Bonchev–Trinajstić information content (AvgIpc) is 2.20. The molecule has 0 aromatic carbocycles. The Morgan fingerprint density at radius 1 is 1.56 bits per heavy atom. The summed E-state index contributed by atoms with van der Waals surface area (Å²) in [4.78, 5) is 13.3. The summed E-state index contributed by atoms with van der Waals surface area (Å²) >= 11 is 0. The first-order valence-electron chi connectivity index (χ1n) is 6.20. The van der Waals surface area contributed by atoms with Gasteiger partial charge in [-0.05, 0) is 52.6 Å². The van der Waals surface area contributed by atoms with Crippen molar-refractivity contribution in [2.45, 2.75) is 57.5 Å². The average molecular weight is 228 g/mol. The lowest BCUT2D eigenvalue weighted by atomic mass is 9.96. The van der Waals surface area contributed by atoms with E-state index in [0.29, 0.717) is 12.5 Å². The third-order valence-corrected chi connectivity index (χ3v) is 3.57. The second kappa shape index (κ2) is 5.64. The first-order chi connectivity index (χ1) is 7.43. The number of hydrogen-bond donors (Lipinski definition) is 2. The molecule has 0 aromatic rings. The van der Waals surface area contributed by atoms with Crippen LogP contribution in [0.1, 0.15) is 46.0 Å². The highest BCUT2D eigenvalue weighted by molar-refractivity contribution is 5.77. The predicted molar refractivity (Wildman–Crippen MR) is 64.3 cm³/mol. The summed E-state index contributed by atoms with van der Waals surface area (Å²) in [5, 5.41) is 8.89. The number of likely N-dealkylation sites (tertiary alicyclic amines) is 1. The maximum Gasteiger partial charge on any atom is 0.323 e. The molecule has 0 amide bonds. The molecule has 4 nitrogen and oxygen atoms in total. The van der Waals surface area contributed by atoms with E-state index < -0.39 is 11.5 Å². The molecule has 2 atom stereocenters. The number of carboxylic acid groups (broad SMARTS) is 1. The second-order valence-corrected chi connectivity index (χ2v) is 5.21. The highest BCUT2D eigenvalue weighted by Gasteiger charge is 2.27. The van der Waals surface area contributed by atoms with E-state index in [9.17, 15) is 4.79 Å². The van der Waals surface area contributed by atoms with Crippen LogP contribution in [-0.4, -0.2) is 40.6 Å². The third kappa shape index (κ3) is 3.76. The van der Waals surface area contributed by atoms with Crippen molar-refractivity contribution >= 4 is 5.97 Å². The third-order valence-electron chi connectivity index (χ3n) is 3.57. The molecule has 3 N–H and O–H groups in total. The van der Waals surface area contributed by atoms with Crippen LogP contribution in [0.2, 0.25) is 0 Å². The Labute approximate surface area is 97.8 Å². The molecule has 94 valence electrons. The number of rotatable bonds is 5. The predicted octanol–water partition coefficient (Wildman–Crippen LogP) is 1.44. The van der Waals surface area contributed by atoms with E-state index in [0.717, 1.165) is 19.5 Å².